The van der Waals surface area contributed by atoms with Gasteiger partial charge in [-0.25, -0.2) is 0 Å². The Hall–Kier alpha value is -0.480. The molecule has 0 saturated carbocycles. The minimum Gasteiger partial charge on any atom is -0.506 e. The molecule has 0 unspecified atom stereocenters. The first-order chi connectivity index (χ1) is 5.66. The monoisotopic (exact) mass is 223 g/mol. The molecular weight excluding hydrogens is 213 g/mol. The van der Waals surface area contributed by atoms with Gasteiger partial charge in [-0.3, -0.25) is 0 Å². The summed E-state index contributed by atoms with van der Waals surface area (Å²) in [5.74, 6) is -0.0549. The van der Waals surface area contributed by atoms with Crippen molar-refractivity contribution in [2.45, 2.75) is 6.04 Å². The number of aromatic hydroxyl groups is 1. The lowest BCUT2D eigenvalue weighted by Gasteiger charge is -2.10. The maximum atomic E-state index is 9.38. The Bertz CT molecular complexity index is 281. The molecule has 0 bridgehead atoms. The standard InChI is InChI=1S/C8H10ClNO2.ClH/c9-6-3-1-2-5(8(6)12)7(10)4-11;/h1-3,7,11-12H,4,10H2;1H/t7-;/m0./s1. The molecule has 5 heteroatoms. The van der Waals surface area contributed by atoms with Gasteiger partial charge in [0.15, 0.2) is 0 Å². The lowest BCUT2D eigenvalue weighted by molar-refractivity contribution is 0.265. The fourth-order valence-corrected chi connectivity index (χ4v) is 1.11. The van der Waals surface area contributed by atoms with Crippen LogP contribution in [0.4, 0.5) is 0 Å². The average Bonchev–Trinajstić information content (AvgIpc) is 2.08. The summed E-state index contributed by atoms with van der Waals surface area (Å²) in [5, 5.41) is 18.3. The first kappa shape index (κ1) is 12.5. The zero-order valence-electron chi connectivity index (χ0n) is 6.77. The van der Waals surface area contributed by atoms with Crippen molar-refractivity contribution in [3.63, 3.8) is 0 Å². The molecule has 74 valence electrons. The number of aliphatic hydroxyl groups is 1. The van der Waals surface area contributed by atoms with Crippen LogP contribution in [-0.2, 0) is 0 Å². The van der Waals surface area contributed by atoms with E-state index >= 15 is 0 Å². The summed E-state index contributed by atoms with van der Waals surface area (Å²) in [4.78, 5) is 0. The number of hydrogen-bond donors (Lipinski definition) is 3. The predicted octanol–water partition coefficient (Wildman–Crippen LogP) is 1.46. The van der Waals surface area contributed by atoms with Crippen LogP contribution >= 0.6 is 24.0 Å². The van der Waals surface area contributed by atoms with Gasteiger partial charge in [-0.15, -0.1) is 12.4 Å². The molecule has 0 aliphatic heterocycles. The van der Waals surface area contributed by atoms with Crippen LogP contribution in [0.5, 0.6) is 5.75 Å². The van der Waals surface area contributed by atoms with E-state index in [2.05, 4.69) is 0 Å². The zero-order valence-corrected chi connectivity index (χ0v) is 8.35. The smallest absolute Gasteiger partial charge is 0.139 e. The molecule has 0 aromatic heterocycles. The average molecular weight is 224 g/mol. The molecule has 0 fully saturated rings. The van der Waals surface area contributed by atoms with E-state index < -0.39 is 6.04 Å². The topological polar surface area (TPSA) is 66.5 Å². The van der Waals surface area contributed by atoms with Crippen LogP contribution in [0, 0.1) is 0 Å². The number of hydrogen-bond acceptors (Lipinski definition) is 3. The fraction of sp³-hybridized carbons (Fsp3) is 0.250. The first-order valence-electron chi connectivity index (χ1n) is 3.50. The Labute approximate surface area is 87.5 Å². The van der Waals surface area contributed by atoms with Crippen LogP contribution in [0.1, 0.15) is 11.6 Å². The Morgan fingerprint density at radius 1 is 1.46 bits per heavy atom. The molecule has 0 radical (unpaired) electrons. The lowest BCUT2D eigenvalue weighted by atomic mass is 10.1. The van der Waals surface area contributed by atoms with Crippen molar-refractivity contribution in [3.8, 4) is 5.75 Å². The Kier molecular flexibility index (Phi) is 5.10. The van der Waals surface area contributed by atoms with E-state index in [-0.39, 0.29) is 29.8 Å². The minimum absolute atomic E-state index is 0. The van der Waals surface area contributed by atoms with Gasteiger partial charge in [-0.05, 0) is 6.07 Å². The molecule has 0 spiro atoms. The van der Waals surface area contributed by atoms with Gasteiger partial charge >= 0.3 is 0 Å². The summed E-state index contributed by atoms with van der Waals surface area (Å²) in [5.41, 5.74) is 5.96. The molecule has 1 aromatic carbocycles. The summed E-state index contributed by atoms with van der Waals surface area (Å²) in [6, 6.07) is 4.28. The van der Waals surface area contributed by atoms with Crippen LogP contribution in [0.25, 0.3) is 0 Å². The number of phenolic OH excluding ortho intramolecular Hbond substituents is 1. The molecule has 0 saturated heterocycles. The molecule has 0 heterocycles. The van der Waals surface area contributed by atoms with Gasteiger partial charge in [-0.1, -0.05) is 23.7 Å². The van der Waals surface area contributed by atoms with Crippen molar-refractivity contribution in [2.24, 2.45) is 5.73 Å². The zero-order chi connectivity index (χ0) is 9.14. The summed E-state index contributed by atoms with van der Waals surface area (Å²) < 4.78 is 0. The Balaban J connectivity index is 0.00000144. The molecule has 3 nitrogen and oxygen atoms in total. The van der Waals surface area contributed by atoms with Crippen molar-refractivity contribution in [1.29, 1.82) is 0 Å². The summed E-state index contributed by atoms with van der Waals surface area (Å²) in [6.07, 6.45) is 0. The van der Waals surface area contributed by atoms with E-state index in [4.69, 9.17) is 22.4 Å². The second-order valence-corrected chi connectivity index (χ2v) is 2.87. The van der Waals surface area contributed by atoms with Gasteiger partial charge in [0.2, 0.25) is 0 Å². The molecular formula is C8H11Cl2NO2. The van der Waals surface area contributed by atoms with Crippen LogP contribution in [0.3, 0.4) is 0 Å². The van der Waals surface area contributed by atoms with Crippen molar-refractivity contribution in [1.82, 2.24) is 0 Å². The van der Waals surface area contributed by atoms with Gasteiger partial charge in [0.05, 0.1) is 17.7 Å². The van der Waals surface area contributed by atoms with E-state index in [0.29, 0.717) is 5.56 Å². The second-order valence-electron chi connectivity index (χ2n) is 2.47. The minimum atomic E-state index is -0.580. The SMILES string of the molecule is Cl.N[C@@H](CO)c1cccc(Cl)c1O. The largest absolute Gasteiger partial charge is 0.506 e. The quantitative estimate of drug-likeness (QED) is 0.712. The third-order valence-corrected chi connectivity index (χ3v) is 1.92. The number of benzene rings is 1. The van der Waals surface area contributed by atoms with Gasteiger partial charge in [-0.2, -0.15) is 0 Å². The Morgan fingerprint density at radius 2 is 2.08 bits per heavy atom. The van der Waals surface area contributed by atoms with Gasteiger partial charge < -0.3 is 15.9 Å². The van der Waals surface area contributed by atoms with E-state index in [0.717, 1.165) is 0 Å². The summed E-state index contributed by atoms with van der Waals surface area (Å²) in [6.45, 7) is -0.214. The third kappa shape index (κ3) is 2.74. The molecule has 4 N–H and O–H groups in total. The highest BCUT2D eigenvalue weighted by atomic mass is 35.5. The molecule has 0 aliphatic carbocycles. The van der Waals surface area contributed by atoms with Crippen molar-refractivity contribution >= 4 is 24.0 Å². The van der Waals surface area contributed by atoms with Crippen molar-refractivity contribution < 1.29 is 10.2 Å². The number of rotatable bonds is 2. The first-order valence-corrected chi connectivity index (χ1v) is 3.88. The molecule has 0 aliphatic rings. The fourth-order valence-electron chi connectivity index (χ4n) is 0.930. The van der Waals surface area contributed by atoms with E-state index in [1.54, 1.807) is 18.2 Å². The molecule has 0 amide bonds. The molecule has 1 rings (SSSR count). The second kappa shape index (κ2) is 5.29. The number of para-hydroxylation sites is 1. The highest BCUT2D eigenvalue weighted by Gasteiger charge is 2.11. The highest BCUT2D eigenvalue weighted by Crippen LogP contribution is 2.29. The number of phenols is 1. The van der Waals surface area contributed by atoms with Gasteiger partial charge in [0, 0.05) is 5.56 Å². The van der Waals surface area contributed by atoms with Gasteiger partial charge in [0.1, 0.15) is 5.75 Å². The van der Waals surface area contributed by atoms with Gasteiger partial charge in [0.25, 0.3) is 0 Å². The maximum absolute atomic E-state index is 9.38. The van der Waals surface area contributed by atoms with Crippen LogP contribution < -0.4 is 5.73 Å². The third-order valence-electron chi connectivity index (χ3n) is 1.61. The Morgan fingerprint density at radius 3 is 2.62 bits per heavy atom. The van der Waals surface area contributed by atoms with Crippen LogP contribution in [0.15, 0.2) is 18.2 Å². The molecule has 13 heavy (non-hydrogen) atoms. The summed E-state index contributed by atoms with van der Waals surface area (Å²) in [7, 11) is 0. The maximum Gasteiger partial charge on any atom is 0.139 e. The van der Waals surface area contributed by atoms with Crippen molar-refractivity contribution in [2.75, 3.05) is 6.61 Å². The predicted molar refractivity (Wildman–Crippen MR) is 54.4 cm³/mol. The number of halogens is 2. The molecule has 1 aromatic rings. The van der Waals surface area contributed by atoms with Crippen LogP contribution in [-0.4, -0.2) is 16.8 Å². The molecule has 1 atom stereocenters. The van der Waals surface area contributed by atoms with E-state index in [9.17, 15) is 5.11 Å². The normalized spacial score (nSPS) is 11.9. The number of aliphatic hydroxyl groups excluding tert-OH is 1. The van der Waals surface area contributed by atoms with Crippen molar-refractivity contribution in [3.05, 3.63) is 28.8 Å². The number of nitrogens with two attached hydrogens (primary N) is 1. The van der Waals surface area contributed by atoms with Crippen LogP contribution in [0.2, 0.25) is 5.02 Å². The lowest BCUT2D eigenvalue weighted by Crippen LogP contribution is -2.14. The summed E-state index contributed by atoms with van der Waals surface area (Å²) >= 11 is 5.63. The highest BCUT2D eigenvalue weighted by molar-refractivity contribution is 6.32. The van der Waals surface area contributed by atoms with E-state index in [1.165, 1.54) is 0 Å². The van der Waals surface area contributed by atoms with E-state index in [1.807, 2.05) is 0 Å².